The Morgan fingerprint density at radius 3 is 1.42 bits per heavy atom. The van der Waals surface area contributed by atoms with E-state index in [9.17, 15) is 15.0 Å². The van der Waals surface area contributed by atoms with E-state index >= 15 is 0 Å². The fraction of sp³-hybridized carbons (Fsp3) is 0.316. The van der Waals surface area contributed by atoms with Gasteiger partial charge in [-0.1, -0.05) is 0 Å². The van der Waals surface area contributed by atoms with Gasteiger partial charge in [0.25, 0.3) is 0 Å². The maximum absolute atomic E-state index is 15.0. The Labute approximate surface area is 264 Å². The van der Waals surface area contributed by atoms with Crippen LogP contribution in [-0.2, 0) is 28.6 Å². The summed E-state index contributed by atoms with van der Waals surface area (Å²) in [5.74, 6) is 0.253. The summed E-state index contributed by atoms with van der Waals surface area (Å²) < 4.78 is 5.77. The first-order valence-electron chi connectivity index (χ1n) is 14.7. The molecule has 0 aliphatic rings. The van der Waals surface area contributed by atoms with Crippen molar-refractivity contribution in [3.05, 3.63) is 105 Å². The van der Waals surface area contributed by atoms with E-state index in [-0.39, 0.29) is 28.1 Å². The van der Waals surface area contributed by atoms with Gasteiger partial charge in [0, 0.05) is 0 Å². The number of benzene rings is 4. The van der Waals surface area contributed by atoms with Crippen LogP contribution >= 0.6 is 0 Å². The normalized spacial score (nSPS) is 11.9. The average molecular weight is 746 g/mol. The van der Waals surface area contributed by atoms with E-state index in [1.54, 1.807) is 0 Å². The number of phenolic OH excluding ortho intramolecular Hbond substituents is 2. The Balaban J connectivity index is 2.13. The summed E-state index contributed by atoms with van der Waals surface area (Å²) in [7, 11) is 0. The molecule has 223 valence electrons. The minimum absolute atomic E-state index is 0.0797. The zero-order valence-corrected chi connectivity index (χ0v) is 29.7. The number of rotatable bonds is 4. The molecule has 0 bridgehead atoms. The van der Waals surface area contributed by atoms with Gasteiger partial charge in [-0.3, -0.25) is 0 Å². The van der Waals surface area contributed by atoms with E-state index in [1.807, 2.05) is 84.9 Å². The molecule has 0 aliphatic heterocycles. The summed E-state index contributed by atoms with van der Waals surface area (Å²) in [4.78, 5) is 15.0. The topological polar surface area (TPSA) is 61.9 Å². The molecule has 4 aromatic carbocycles. The van der Waals surface area contributed by atoms with Gasteiger partial charge < -0.3 is 0 Å². The number of phenols is 2. The summed E-state index contributed by atoms with van der Waals surface area (Å²) >= 11 is -1.69. The number of hydrogen-bond donors (Lipinski definition) is 2. The van der Waals surface area contributed by atoms with E-state index in [1.165, 1.54) is 0 Å². The molecule has 0 spiro atoms. The molecule has 4 nitrogen and oxygen atoms in total. The molecule has 0 saturated carbocycles. The fourth-order valence-electron chi connectivity index (χ4n) is 5.20. The van der Waals surface area contributed by atoms with Crippen molar-refractivity contribution in [3.8, 4) is 33.8 Å². The molecule has 5 heteroatoms. The van der Waals surface area contributed by atoms with Gasteiger partial charge in [0.2, 0.25) is 0 Å². The summed E-state index contributed by atoms with van der Waals surface area (Å²) in [6.07, 6.45) is 0. The summed E-state index contributed by atoms with van der Waals surface area (Å²) in [5, 5.41) is 23.3. The molecule has 4 aromatic rings. The number of carbonyl (C=O) groups is 1. The quantitative estimate of drug-likeness (QED) is 0.205. The van der Waals surface area contributed by atoms with Crippen molar-refractivity contribution < 1.29 is 32.7 Å². The monoisotopic (exact) mass is 745 g/mol. The molecule has 0 atom stereocenters. The Bertz CT molecular complexity index is 1710. The number of hydrogen-bond acceptors (Lipinski definition) is 3. The molecule has 0 fully saturated rings. The first-order valence-corrected chi connectivity index (χ1v) is 17.4. The van der Waals surface area contributed by atoms with Gasteiger partial charge in [-0.25, -0.2) is 0 Å². The number of Topliss-reactive ketones (excluding diaryl/α,β-unsaturated/α-hetero) is 1. The Morgan fingerprint density at radius 2 is 1.00 bits per heavy atom. The third-order valence-electron chi connectivity index (χ3n) is 7.45. The predicted molar refractivity (Wildman–Crippen MR) is 176 cm³/mol. The Morgan fingerprint density at radius 1 is 0.581 bits per heavy atom. The Kier molecular flexibility index (Phi) is 9.17. The first-order chi connectivity index (χ1) is 20.0. The molecule has 0 radical (unpaired) electrons. The van der Waals surface area contributed by atoms with Gasteiger partial charge in [0.1, 0.15) is 0 Å². The fourth-order valence-corrected chi connectivity index (χ4v) is 7.99. The van der Waals surface area contributed by atoms with Crippen molar-refractivity contribution in [2.45, 2.75) is 73.1 Å². The van der Waals surface area contributed by atoms with E-state index in [0.717, 1.165) is 20.7 Å². The molecular formula is C38H43NO3W+. The van der Waals surface area contributed by atoms with Gasteiger partial charge in [-0.2, -0.15) is 0 Å². The second-order valence-corrected chi connectivity index (χ2v) is 16.8. The van der Waals surface area contributed by atoms with E-state index in [0.29, 0.717) is 27.8 Å². The molecule has 2 N–H and O–H groups in total. The minimum atomic E-state index is -1.69. The number of carbonyl (C=O) groups excluding carboxylic acids is 1. The number of para-hydroxylation sites is 2. The molecule has 0 saturated heterocycles. The second kappa shape index (κ2) is 12.2. The standard InChI is InChI=1S/C32H38O3.C6H5N.W/c1-30(2,3)19-26(33)27-20(22-15-11-17-24(28(22)34)31(4,5)6)13-10-14-21(27)23-16-12-18-25(29(23)35)32(7,8)9;7-6-4-2-1-3-5-6;/h10-18,34-35H,1-9H3;1-5H;/q;+1;. The first kappa shape index (κ1) is 32.3. The van der Waals surface area contributed by atoms with Gasteiger partial charge in [0.15, 0.2) is 0 Å². The summed E-state index contributed by atoms with van der Waals surface area (Å²) in [6.45, 7) is 18.6. The molecule has 0 aliphatic carbocycles. The van der Waals surface area contributed by atoms with Gasteiger partial charge >= 0.3 is 265 Å². The third kappa shape index (κ3) is 6.98. The van der Waals surface area contributed by atoms with Crippen molar-refractivity contribution in [2.24, 2.45) is 5.41 Å². The Hall–Kier alpha value is -3.58. The zero-order chi connectivity index (χ0) is 31.7. The van der Waals surface area contributed by atoms with Crippen LogP contribution in [0.25, 0.3) is 25.6 Å². The molecule has 0 heterocycles. The van der Waals surface area contributed by atoms with Crippen LogP contribution in [0.15, 0.2) is 84.9 Å². The van der Waals surface area contributed by atoms with Crippen LogP contribution in [0.4, 0.5) is 5.69 Å². The van der Waals surface area contributed by atoms with Crippen LogP contribution in [0.1, 0.15) is 83.8 Å². The number of ketones is 1. The molecule has 0 aromatic heterocycles. The van der Waals surface area contributed by atoms with Crippen LogP contribution in [0.2, 0.25) is 0 Å². The van der Waals surface area contributed by atoms with E-state index in [4.69, 9.17) is 3.31 Å². The molecule has 4 rings (SSSR count). The molecule has 0 amide bonds. The SMILES string of the molecule is CC(C)(C)[C](=[W]#[N+]c1ccccc1)C(=O)c1c(-c2cccc(C(C)(C)C)c2O)cccc1-c1cccc(C(C)(C)C)c1O. The van der Waals surface area contributed by atoms with Crippen molar-refractivity contribution >= 4 is 15.4 Å². The van der Waals surface area contributed by atoms with Crippen LogP contribution in [0.3, 0.4) is 0 Å². The van der Waals surface area contributed by atoms with Gasteiger partial charge in [0.05, 0.1) is 0 Å². The van der Waals surface area contributed by atoms with Crippen molar-refractivity contribution in [2.75, 3.05) is 0 Å². The molecule has 0 unspecified atom stereocenters. The zero-order valence-electron chi connectivity index (χ0n) is 26.7. The van der Waals surface area contributed by atoms with Crippen LogP contribution < -0.4 is 0 Å². The second-order valence-electron chi connectivity index (χ2n) is 14.1. The van der Waals surface area contributed by atoms with Crippen LogP contribution in [-0.4, -0.2) is 19.9 Å². The third-order valence-corrected chi connectivity index (χ3v) is 12.1. The van der Waals surface area contributed by atoms with E-state index in [2.05, 4.69) is 62.3 Å². The van der Waals surface area contributed by atoms with Crippen molar-refractivity contribution in [3.63, 3.8) is 0 Å². The summed E-state index contributed by atoms with van der Waals surface area (Å²) in [5.41, 5.74) is 4.45. The average Bonchev–Trinajstić information content (AvgIpc) is 2.91. The maximum atomic E-state index is 15.0. The van der Waals surface area contributed by atoms with E-state index < -0.39 is 23.2 Å². The summed E-state index contributed by atoms with van der Waals surface area (Å²) in [6, 6.07) is 27.0. The van der Waals surface area contributed by atoms with Crippen molar-refractivity contribution in [1.29, 1.82) is 0 Å². The van der Waals surface area contributed by atoms with Gasteiger partial charge in [-0.15, -0.1) is 0 Å². The molecular weight excluding hydrogens is 702 g/mol. The number of aromatic hydroxyl groups is 2. The predicted octanol–water partition coefficient (Wildman–Crippen LogP) is 10.1. The van der Waals surface area contributed by atoms with Gasteiger partial charge in [-0.05, 0) is 0 Å². The van der Waals surface area contributed by atoms with Crippen LogP contribution in [0.5, 0.6) is 11.5 Å². The van der Waals surface area contributed by atoms with Crippen LogP contribution in [0, 0.1) is 5.41 Å². The van der Waals surface area contributed by atoms with Crippen molar-refractivity contribution in [1.82, 2.24) is 0 Å². The molecule has 43 heavy (non-hydrogen) atoms. The number of nitrogens with zero attached hydrogens (tertiary/aromatic N) is 1.